The number of nitrogens with one attached hydrogen (secondary N) is 1. The second-order valence-corrected chi connectivity index (χ2v) is 22.5. The molecule has 0 aliphatic rings. The lowest BCUT2D eigenvalue weighted by atomic mass is 10.0. The minimum Gasteiger partial charge on any atom is -0.466 e. The van der Waals surface area contributed by atoms with Gasteiger partial charge < -0.3 is 20.3 Å². The van der Waals surface area contributed by atoms with Gasteiger partial charge in [0.1, 0.15) is 0 Å². The number of aliphatic hydroxyl groups excluding tert-OH is 2. The Labute approximate surface area is 444 Å². The number of carbonyl (C=O) groups excluding carboxylic acids is 2. The Balaban J connectivity index is 3.41. The number of allylic oxidation sites excluding steroid dienone is 2. The quantitative estimate of drug-likeness (QED) is 0.0320. The fourth-order valence-electron chi connectivity index (χ4n) is 10.3. The molecule has 2 atom stereocenters. The standard InChI is InChI=1S/C65H127NO5/c1-3-5-7-9-11-13-15-17-19-21-22-27-31-35-39-43-47-51-55-59-65(70)71-60-56-52-48-44-40-36-32-28-24-23-26-30-34-38-42-46-50-54-58-64(69)66-62(61-67)63(68)57-53-49-45-41-37-33-29-25-20-18-16-14-12-10-8-6-4-2/h26,30,62-63,67-68H,3-25,27-29,31-61H2,1-2H3,(H,66,69)/b30-26-. The fourth-order valence-corrected chi connectivity index (χ4v) is 10.3. The van der Waals surface area contributed by atoms with Crippen molar-refractivity contribution in [3.8, 4) is 0 Å². The summed E-state index contributed by atoms with van der Waals surface area (Å²) in [6, 6.07) is -0.551. The zero-order chi connectivity index (χ0) is 51.4. The van der Waals surface area contributed by atoms with E-state index >= 15 is 0 Å². The molecule has 0 radical (unpaired) electrons. The highest BCUT2D eigenvalue weighted by molar-refractivity contribution is 5.76. The molecule has 0 fully saturated rings. The number of carbonyl (C=O) groups is 2. The first-order valence-electron chi connectivity index (χ1n) is 32.4. The van der Waals surface area contributed by atoms with E-state index in [1.165, 1.54) is 283 Å². The van der Waals surface area contributed by atoms with E-state index in [0.29, 0.717) is 25.9 Å². The molecule has 6 nitrogen and oxygen atoms in total. The van der Waals surface area contributed by atoms with Gasteiger partial charge >= 0.3 is 5.97 Å². The van der Waals surface area contributed by atoms with Crippen LogP contribution in [0.3, 0.4) is 0 Å². The third-order valence-corrected chi connectivity index (χ3v) is 15.3. The van der Waals surface area contributed by atoms with Crippen molar-refractivity contribution >= 4 is 11.9 Å². The van der Waals surface area contributed by atoms with Crippen molar-refractivity contribution in [2.75, 3.05) is 13.2 Å². The normalized spacial score (nSPS) is 12.6. The maximum absolute atomic E-state index is 12.5. The highest BCUT2D eigenvalue weighted by Crippen LogP contribution is 2.18. The molecule has 6 heteroatoms. The molecule has 0 aliphatic heterocycles. The lowest BCUT2D eigenvalue weighted by Crippen LogP contribution is -2.45. The molecule has 0 aromatic rings. The van der Waals surface area contributed by atoms with Crippen molar-refractivity contribution in [2.24, 2.45) is 0 Å². The van der Waals surface area contributed by atoms with E-state index in [-0.39, 0.29) is 18.5 Å². The molecule has 0 spiro atoms. The van der Waals surface area contributed by atoms with Crippen LogP contribution in [0.15, 0.2) is 12.2 Å². The average molecular weight is 1000 g/mol. The number of esters is 1. The van der Waals surface area contributed by atoms with Crippen LogP contribution in [-0.4, -0.2) is 47.4 Å². The van der Waals surface area contributed by atoms with Gasteiger partial charge in [0.05, 0.1) is 25.4 Å². The van der Waals surface area contributed by atoms with Crippen LogP contribution in [0.2, 0.25) is 0 Å². The Hall–Kier alpha value is -1.40. The summed E-state index contributed by atoms with van der Waals surface area (Å²) in [4.78, 5) is 24.6. The number of ether oxygens (including phenoxy) is 1. The first-order chi connectivity index (χ1) is 35.0. The zero-order valence-corrected chi connectivity index (χ0v) is 48.2. The SMILES string of the molecule is CCCCCCCCCCCCCCCCCCCCCC(=O)OCCCCCCCCCCC/C=C\CCCCCCCC(=O)NC(CO)C(O)CCCCCCCCCCCCCCCCCCC. The molecule has 0 aromatic carbocycles. The first kappa shape index (κ1) is 69.6. The maximum Gasteiger partial charge on any atom is 0.305 e. The Morgan fingerprint density at radius 2 is 0.662 bits per heavy atom. The number of hydrogen-bond donors (Lipinski definition) is 3. The molecule has 0 heterocycles. The highest BCUT2D eigenvalue weighted by Gasteiger charge is 2.20. The molecule has 0 rings (SSSR count). The third kappa shape index (κ3) is 57.7. The van der Waals surface area contributed by atoms with Crippen LogP contribution in [0.4, 0.5) is 0 Å². The fraction of sp³-hybridized carbons (Fsp3) is 0.938. The summed E-state index contributed by atoms with van der Waals surface area (Å²) in [5.41, 5.74) is 0. The minimum atomic E-state index is -0.673. The Kier molecular flexibility index (Phi) is 59.9. The molecule has 0 aromatic heterocycles. The van der Waals surface area contributed by atoms with Crippen LogP contribution in [0.25, 0.3) is 0 Å². The number of hydrogen-bond acceptors (Lipinski definition) is 5. The average Bonchev–Trinajstić information content (AvgIpc) is 3.37. The summed E-state index contributed by atoms with van der Waals surface area (Å²) >= 11 is 0. The monoisotopic (exact) mass is 1000 g/mol. The van der Waals surface area contributed by atoms with Crippen molar-refractivity contribution in [3.63, 3.8) is 0 Å². The molecule has 2 unspecified atom stereocenters. The molecule has 1 amide bonds. The van der Waals surface area contributed by atoms with E-state index in [1.54, 1.807) is 0 Å². The molecular formula is C65H127NO5. The van der Waals surface area contributed by atoms with Gasteiger partial charge in [0.15, 0.2) is 0 Å². The Morgan fingerprint density at radius 3 is 1.00 bits per heavy atom. The number of amides is 1. The molecule has 0 bridgehead atoms. The number of rotatable bonds is 61. The third-order valence-electron chi connectivity index (χ3n) is 15.3. The number of unbranched alkanes of at least 4 members (excludes halogenated alkanes) is 48. The van der Waals surface area contributed by atoms with E-state index in [4.69, 9.17) is 4.74 Å². The van der Waals surface area contributed by atoms with Gasteiger partial charge in [-0.05, 0) is 51.4 Å². The zero-order valence-electron chi connectivity index (χ0n) is 48.2. The summed E-state index contributed by atoms with van der Waals surface area (Å²) in [5.74, 6) is -0.0372. The summed E-state index contributed by atoms with van der Waals surface area (Å²) in [6.07, 6.45) is 73.7. The van der Waals surface area contributed by atoms with E-state index in [9.17, 15) is 19.8 Å². The van der Waals surface area contributed by atoms with Crippen molar-refractivity contribution in [1.29, 1.82) is 0 Å². The summed E-state index contributed by atoms with van der Waals surface area (Å²) < 4.78 is 5.50. The van der Waals surface area contributed by atoms with Crippen LogP contribution in [0.5, 0.6) is 0 Å². The van der Waals surface area contributed by atoms with Crippen molar-refractivity contribution in [3.05, 3.63) is 12.2 Å². The smallest absolute Gasteiger partial charge is 0.305 e. The van der Waals surface area contributed by atoms with Crippen molar-refractivity contribution in [1.82, 2.24) is 5.32 Å². The minimum absolute atomic E-state index is 0.00875. The van der Waals surface area contributed by atoms with Gasteiger partial charge in [0.25, 0.3) is 0 Å². The van der Waals surface area contributed by atoms with Gasteiger partial charge in [0, 0.05) is 12.8 Å². The van der Waals surface area contributed by atoms with Crippen molar-refractivity contribution < 1.29 is 24.5 Å². The summed E-state index contributed by atoms with van der Waals surface area (Å²) in [6.45, 7) is 4.98. The van der Waals surface area contributed by atoms with E-state index in [2.05, 4.69) is 31.3 Å². The molecular weight excluding hydrogens is 875 g/mol. The first-order valence-corrected chi connectivity index (χ1v) is 32.4. The van der Waals surface area contributed by atoms with Crippen LogP contribution in [-0.2, 0) is 14.3 Å². The van der Waals surface area contributed by atoms with Gasteiger partial charge in [0.2, 0.25) is 5.91 Å². The molecule has 422 valence electrons. The van der Waals surface area contributed by atoms with Gasteiger partial charge in [-0.1, -0.05) is 315 Å². The lowest BCUT2D eigenvalue weighted by Gasteiger charge is -2.22. The Bertz CT molecular complexity index is 1060. The van der Waals surface area contributed by atoms with Gasteiger partial charge in [-0.2, -0.15) is 0 Å². The summed E-state index contributed by atoms with van der Waals surface area (Å²) in [5, 5.41) is 23.3. The molecule has 0 aliphatic carbocycles. The lowest BCUT2D eigenvalue weighted by molar-refractivity contribution is -0.143. The highest BCUT2D eigenvalue weighted by atomic mass is 16.5. The van der Waals surface area contributed by atoms with Crippen LogP contribution in [0.1, 0.15) is 367 Å². The summed E-state index contributed by atoms with van der Waals surface area (Å²) in [7, 11) is 0. The van der Waals surface area contributed by atoms with Gasteiger partial charge in [-0.25, -0.2) is 0 Å². The van der Waals surface area contributed by atoms with E-state index in [1.807, 2.05) is 0 Å². The van der Waals surface area contributed by atoms with Gasteiger partial charge in [-0.3, -0.25) is 9.59 Å². The topological polar surface area (TPSA) is 95.9 Å². The predicted molar refractivity (Wildman–Crippen MR) is 310 cm³/mol. The second kappa shape index (κ2) is 61.1. The van der Waals surface area contributed by atoms with Crippen molar-refractivity contribution in [2.45, 2.75) is 379 Å². The van der Waals surface area contributed by atoms with E-state index in [0.717, 1.165) is 51.4 Å². The predicted octanol–water partition coefficient (Wildman–Crippen LogP) is 20.4. The second-order valence-electron chi connectivity index (χ2n) is 22.5. The molecule has 0 saturated heterocycles. The van der Waals surface area contributed by atoms with Gasteiger partial charge in [-0.15, -0.1) is 0 Å². The maximum atomic E-state index is 12.5. The molecule has 71 heavy (non-hydrogen) atoms. The van der Waals surface area contributed by atoms with E-state index < -0.39 is 12.1 Å². The largest absolute Gasteiger partial charge is 0.466 e. The van der Waals surface area contributed by atoms with Crippen LogP contribution < -0.4 is 5.32 Å². The number of aliphatic hydroxyl groups is 2. The van der Waals surface area contributed by atoms with Crippen LogP contribution in [0, 0.1) is 0 Å². The van der Waals surface area contributed by atoms with Crippen LogP contribution >= 0.6 is 0 Å². The molecule has 3 N–H and O–H groups in total. The molecule has 0 saturated carbocycles. The Morgan fingerprint density at radius 1 is 0.380 bits per heavy atom.